The van der Waals surface area contributed by atoms with Gasteiger partial charge in [-0.3, -0.25) is 4.79 Å². The zero-order valence-electron chi connectivity index (χ0n) is 11.7. The summed E-state index contributed by atoms with van der Waals surface area (Å²) in [6, 6.07) is 7.27. The lowest BCUT2D eigenvalue weighted by molar-refractivity contribution is -0.121. The van der Waals surface area contributed by atoms with E-state index in [2.05, 4.69) is 15.7 Å². The minimum Gasteiger partial charge on any atom is -0.326 e. The SMILES string of the molecule is CC(C(=O)Nc1ccc(-n2cccn2)c(Cl)c1)C1CNC1. The van der Waals surface area contributed by atoms with Gasteiger partial charge in [-0.25, -0.2) is 4.68 Å². The Morgan fingerprint density at radius 2 is 2.33 bits per heavy atom. The highest BCUT2D eigenvalue weighted by Crippen LogP contribution is 2.25. The van der Waals surface area contributed by atoms with Gasteiger partial charge < -0.3 is 10.6 Å². The Kier molecular flexibility index (Phi) is 3.94. The summed E-state index contributed by atoms with van der Waals surface area (Å²) in [5, 5.41) is 10.8. The van der Waals surface area contributed by atoms with Crippen molar-refractivity contribution in [1.29, 1.82) is 0 Å². The summed E-state index contributed by atoms with van der Waals surface area (Å²) in [6.07, 6.45) is 3.52. The first kappa shape index (κ1) is 14.1. The van der Waals surface area contributed by atoms with Crippen LogP contribution in [0.25, 0.3) is 5.69 Å². The van der Waals surface area contributed by atoms with Crippen LogP contribution in [0.1, 0.15) is 6.92 Å². The Morgan fingerprint density at radius 3 is 2.90 bits per heavy atom. The molecule has 1 amide bonds. The van der Waals surface area contributed by atoms with E-state index >= 15 is 0 Å². The van der Waals surface area contributed by atoms with Crippen LogP contribution in [0.15, 0.2) is 36.7 Å². The summed E-state index contributed by atoms with van der Waals surface area (Å²) in [5.74, 6) is 0.448. The molecule has 0 saturated carbocycles. The fourth-order valence-corrected chi connectivity index (χ4v) is 2.58. The molecule has 1 aromatic heterocycles. The molecule has 0 radical (unpaired) electrons. The average molecular weight is 305 g/mol. The molecule has 1 atom stereocenters. The fraction of sp³-hybridized carbons (Fsp3) is 0.333. The van der Waals surface area contributed by atoms with Crippen LogP contribution >= 0.6 is 11.6 Å². The van der Waals surface area contributed by atoms with Gasteiger partial charge in [0.25, 0.3) is 0 Å². The number of halogens is 1. The second-order valence-corrected chi connectivity index (χ2v) is 5.72. The average Bonchev–Trinajstić information content (AvgIpc) is 2.90. The second kappa shape index (κ2) is 5.87. The van der Waals surface area contributed by atoms with Crippen molar-refractivity contribution in [3.05, 3.63) is 41.7 Å². The molecule has 2 heterocycles. The molecule has 1 aromatic carbocycles. The molecule has 1 aliphatic rings. The Balaban J connectivity index is 1.71. The summed E-state index contributed by atoms with van der Waals surface area (Å²) in [5.41, 5.74) is 1.50. The maximum atomic E-state index is 12.2. The Bertz CT molecular complexity index is 637. The molecule has 1 saturated heterocycles. The van der Waals surface area contributed by atoms with E-state index in [1.54, 1.807) is 16.9 Å². The highest BCUT2D eigenvalue weighted by atomic mass is 35.5. The number of anilines is 1. The van der Waals surface area contributed by atoms with Gasteiger partial charge in [-0.05, 0) is 43.3 Å². The number of nitrogens with zero attached hydrogens (tertiary/aromatic N) is 2. The largest absolute Gasteiger partial charge is 0.326 e. The van der Waals surface area contributed by atoms with Crippen LogP contribution in [0.2, 0.25) is 5.02 Å². The molecule has 3 rings (SSSR count). The van der Waals surface area contributed by atoms with Gasteiger partial charge in [0.15, 0.2) is 0 Å². The van der Waals surface area contributed by atoms with Crippen LogP contribution in [0.4, 0.5) is 5.69 Å². The summed E-state index contributed by atoms with van der Waals surface area (Å²) < 4.78 is 1.69. The number of aromatic nitrogens is 2. The predicted molar refractivity (Wildman–Crippen MR) is 82.7 cm³/mol. The summed E-state index contributed by atoms with van der Waals surface area (Å²) >= 11 is 6.26. The summed E-state index contributed by atoms with van der Waals surface area (Å²) in [4.78, 5) is 12.2. The minimum atomic E-state index is -0.00387. The molecule has 6 heteroatoms. The third-order valence-corrected chi connectivity index (χ3v) is 4.20. The standard InChI is InChI=1S/C15H17ClN4O/c1-10(11-8-17-9-11)15(21)19-12-3-4-14(13(16)7-12)20-6-2-5-18-20/h2-7,10-11,17H,8-9H2,1H3,(H,19,21). The van der Waals surface area contributed by atoms with Gasteiger partial charge in [0.05, 0.1) is 10.7 Å². The third-order valence-electron chi connectivity index (χ3n) is 3.90. The molecular weight excluding hydrogens is 288 g/mol. The van der Waals surface area contributed by atoms with Crippen molar-refractivity contribution in [1.82, 2.24) is 15.1 Å². The molecule has 1 fully saturated rings. The predicted octanol–water partition coefficient (Wildman–Crippen LogP) is 2.32. The third kappa shape index (κ3) is 2.94. The van der Waals surface area contributed by atoms with Gasteiger partial charge in [0.2, 0.25) is 5.91 Å². The Morgan fingerprint density at radius 1 is 1.52 bits per heavy atom. The number of carbonyl (C=O) groups excluding carboxylic acids is 1. The van der Waals surface area contributed by atoms with E-state index in [0.29, 0.717) is 16.6 Å². The lowest BCUT2D eigenvalue weighted by Gasteiger charge is -2.31. The van der Waals surface area contributed by atoms with E-state index in [0.717, 1.165) is 18.8 Å². The van der Waals surface area contributed by atoms with Crippen molar-refractivity contribution >= 4 is 23.2 Å². The first-order valence-electron chi connectivity index (χ1n) is 6.96. The highest BCUT2D eigenvalue weighted by Gasteiger charge is 2.28. The molecule has 1 unspecified atom stereocenters. The van der Waals surface area contributed by atoms with E-state index in [9.17, 15) is 4.79 Å². The van der Waals surface area contributed by atoms with Crippen molar-refractivity contribution in [2.24, 2.45) is 11.8 Å². The van der Waals surface area contributed by atoms with Gasteiger partial charge in [0.1, 0.15) is 0 Å². The zero-order valence-corrected chi connectivity index (χ0v) is 12.5. The smallest absolute Gasteiger partial charge is 0.227 e. The van der Waals surface area contributed by atoms with Crippen LogP contribution in [0.5, 0.6) is 0 Å². The van der Waals surface area contributed by atoms with Gasteiger partial charge >= 0.3 is 0 Å². The second-order valence-electron chi connectivity index (χ2n) is 5.31. The van der Waals surface area contributed by atoms with Gasteiger partial charge in [0, 0.05) is 24.0 Å². The molecule has 5 nitrogen and oxygen atoms in total. The molecule has 0 aliphatic carbocycles. The van der Waals surface area contributed by atoms with Crippen LogP contribution in [-0.4, -0.2) is 28.8 Å². The van der Waals surface area contributed by atoms with Gasteiger partial charge in [-0.1, -0.05) is 18.5 Å². The maximum Gasteiger partial charge on any atom is 0.227 e. The summed E-state index contributed by atoms with van der Waals surface area (Å²) in [6.45, 7) is 3.78. The number of nitrogens with one attached hydrogen (secondary N) is 2. The molecular formula is C15H17ClN4O. The molecule has 21 heavy (non-hydrogen) atoms. The molecule has 0 spiro atoms. The van der Waals surface area contributed by atoms with E-state index in [1.165, 1.54) is 0 Å². The van der Waals surface area contributed by atoms with Crippen molar-refractivity contribution in [3.63, 3.8) is 0 Å². The Labute approximate surface area is 128 Å². The number of hydrogen-bond donors (Lipinski definition) is 2. The van der Waals surface area contributed by atoms with Crippen LogP contribution in [0.3, 0.4) is 0 Å². The molecule has 0 bridgehead atoms. The van der Waals surface area contributed by atoms with E-state index < -0.39 is 0 Å². The van der Waals surface area contributed by atoms with Crippen LogP contribution < -0.4 is 10.6 Å². The van der Waals surface area contributed by atoms with Crippen LogP contribution in [0, 0.1) is 11.8 Å². The lowest BCUT2D eigenvalue weighted by atomic mass is 9.88. The molecule has 2 aromatic rings. The van der Waals surface area contributed by atoms with Crippen molar-refractivity contribution in [2.45, 2.75) is 6.92 Å². The van der Waals surface area contributed by atoms with Crippen molar-refractivity contribution in [3.8, 4) is 5.69 Å². The van der Waals surface area contributed by atoms with Crippen LogP contribution in [-0.2, 0) is 4.79 Å². The quantitative estimate of drug-likeness (QED) is 0.911. The van der Waals surface area contributed by atoms with Crippen molar-refractivity contribution < 1.29 is 4.79 Å². The van der Waals surface area contributed by atoms with E-state index in [1.807, 2.05) is 31.3 Å². The molecule has 1 aliphatic heterocycles. The Hall–Kier alpha value is -1.85. The first-order valence-corrected chi connectivity index (χ1v) is 7.34. The number of amides is 1. The number of hydrogen-bond acceptors (Lipinski definition) is 3. The molecule has 110 valence electrons. The first-order chi connectivity index (χ1) is 10.1. The van der Waals surface area contributed by atoms with E-state index in [-0.39, 0.29) is 11.8 Å². The zero-order chi connectivity index (χ0) is 14.8. The van der Waals surface area contributed by atoms with Gasteiger partial charge in [-0.2, -0.15) is 5.10 Å². The normalized spacial score (nSPS) is 16.3. The number of carbonyl (C=O) groups is 1. The van der Waals surface area contributed by atoms with Gasteiger partial charge in [-0.15, -0.1) is 0 Å². The highest BCUT2D eigenvalue weighted by molar-refractivity contribution is 6.32. The topological polar surface area (TPSA) is 59.0 Å². The van der Waals surface area contributed by atoms with Crippen molar-refractivity contribution in [2.75, 3.05) is 18.4 Å². The summed E-state index contributed by atoms with van der Waals surface area (Å²) in [7, 11) is 0. The molecule has 2 N–H and O–H groups in total. The lowest BCUT2D eigenvalue weighted by Crippen LogP contribution is -2.48. The monoisotopic (exact) mass is 304 g/mol. The maximum absolute atomic E-state index is 12.2. The number of benzene rings is 1. The van der Waals surface area contributed by atoms with E-state index in [4.69, 9.17) is 11.6 Å². The minimum absolute atomic E-state index is 0.00387. The number of rotatable bonds is 4. The fourth-order valence-electron chi connectivity index (χ4n) is 2.32.